The molecule has 104 valence electrons. The Balaban J connectivity index is 2.70. The minimum Gasteiger partial charge on any atom is -0.565 e. The minimum atomic E-state index is 0.335. The Hall–Kier alpha value is -2.48. The molecular formula is C16H16BN3O. The van der Waals surface area contributed by atoms with Crippen LogP contribution in [-0.4, -0.2) is 17.8 Å². The molecule has 0 saturated heterocycles. The number of rotatable bonds is 3. The van der Waals surface area contributed by atoms with E-state index in [2.05, 4.69) is 11.2 Å². The monoisotopic (exact) mass is 277 g/mol. The molecule has 0 atom stereocenters. The van der Waals surface area contributed by atoms with Gasteiger partial charge in [-0.1, -0.05) is 29.8 Å². The van der Waals surface area contributed by atoms with Crippen LogP contribution in [-0.2, 0) is 11.7 Å². The summed E-state index contributed by atoms with van der Waals surface area (Å²) in [5.74, 6) is 0.335. The first kappa shape index (κ1) is 14.9. The third-order valence-corrected chi connectivity index (χ3v) is 3.53. The fourth-order valence-corrected chi connectivity index (χ4v) is 2.28. The first-order valence-corrected chi connectivity index (χ1v) is 6.58. The first-order valence-electron chi connectivity index (χ1n) is 6.58. The standard InChI is InChI=1S/C16H16BN3O/c1-10-5-7-13(8-6-10)14(9-18)16(21-17)15-11(2)12(3)19-20(15)4/h5-8H,1-4H3/b16-14-. The Labute approximate surface area is 126 Å². The van der Waals surface area contributed by atoms with Crippen molar-refractivity contribution in [3.05, 3.63) is 52.3 Å². The van der Waals surface area contributed by atoms with E-state index in [-0.39, 0.29) is 0 Å². The van der Waals surface area contributed by atoms with Crippen molar-refractivity contribution in [1.82, 2.24) is 9.78 Å². The highest BCUT2D eigenvalue weighted by Gasteiger charge is 2.19. The summed E-state index contributed by atoms with van der Waals surface area (Å²) in [6, 6.07) is 9.84. The SMILES string of the molecule is [B]O/C(=C(/C#N)c1ccc(C)cc1)c1c(C)c(C)nn1C. The highest BCUT2D eigenvalue weighted by atomic mass is 16.4. The average molecular weight is 277 g/mol. The Morgan fingerprint density at radius 1 is 1.24 bits per heavy atom. The Bertz CT molecular complexity index is 736. The van der Waals surface area contributed by atoms with Crippen LogP contribution in [0.2, 0.25) is 0 Å². The van der Waals surface area contributed by atoms with Crippen molar-refractivity contribution in [2.24, 2.45) is 7.05 Å². The van der Waals surface area contributed by atoms with Crippen LogP contribution in [0.3, 0.4) is 0 Å². The van der Waals surface area contributed by atoms with Crippen LogP contribution in [0.1, 0.15) is 28.1 Å². The van der Waals surface area contributed by atoms with Gasteiger partial charge < -0.3 is 4.65 Å². The van der Waals surface area contributed by atoms with E-state index in [1.165, 1.54) is 0 Å². The zero-order valence-electron chi connectivity index (χ0n) is 12.6. The van der Waals surface area contributed by atoms with Crippen LogP contribution in [0, 0.1) is 32.1 Å². The third kappa shape index (κ3) is 2.70. The van der Waals surface area contributed by atoms with E-state index in [0.717, 1.165) is 22.4 Å². The van der Waals surface area contributed by atoms with Crippen molar-refractivity contribution in [2.45, 2.75) is 20.8 Å². The van der Waals surface area contributed by atoms with Gasteiger partial charge in [-0.15, -0.1) is 0 Å². The molecule has 1 heterocycles. The summed E-state index contributed by atoms with van der Waals surface area (Å²) in [7, 11) is 7.25. The van der Waals surface area contributed by atoms with Gasteiger partial charge in [0.15, 0.2) is 0 Å². The van der Waals surface area contributed by atoms with E-state index in [0.29, 0.717) is 17.0 Å². The van der Waals surface area contributed by atoms with Crippen LogP contribution < -0.4 is 0 Å². The van der Waals surface area contributed by atoms with Gasteiger partial charge in [0.05, 0.1) is 5.69 Å². The van der Waals surface area contributed by atoms with E-state index < -0.39 is 0 Å². The summed E-state index contributed by atoms with van der Waals surface area (Å²) in [5.41, 5.74) is 4.82. The van der Waals surface area contributed by atoms with Crippen molar-refractivity contribution in [3.8, 4) is 6.07 Å². The van der Waals surface area contributed by atoms with E-state index in [9.17, 15) is 5.26 Å². The highest BCUT2D eigenvalue weighted by Crippen LogP contribution is 2.29. The molecule has 0 N–H and O–H groups in total. The van der Waals surface area contributed by atoms with E-state index in [1.807, 2.05) is 45.0 Å². The molecule has 1 aromatic carbocycles. The fourth-order valence-electron chi connectivity index (χ4n) is 2.28. The second kappa shape index (κ2) is 5.88. The van der Waals surface area contributed by atoms with E-state index in [4.69, 9.17) is 12.7 Å². The van der Waals surface area contributed by atoms with Gasteiger partial charge in [0.25, 0.3) is 0 Å². The number of aromatic nitrogens is 2. The van der Waals surface area contributed by atoms with E-state index >= 15 is 0 Å². The van der Waals surface area contributed by atoms with Crippen LogP contribution in [0.4, 0.5) is 0 Å². The fraction of sp³-hybridized carbons (Fsp3) is 0.250. The molecule has 0 bridgehead atoms. The lowest BCUT2D eigenvalue weighted by Gasteiger charge is -2.12. The van der Waals surface area contributed by atoms with Crippen molar-refractivity contribution in [1.29, 1.82) is 5.26 Å². The molecule has 0 unspecified atom stereocenters. The summed E-state index contributed by atoms with van der Waals surface area (Å²) in [6.45, 7) is 5.83. The number of nitrogens with zero attached hydrogens (tertiary/aromatic N) is 3. The summed E-state index contributed by atoms with van der Waals surface area (Å²) < 4.78 is 6.72. The van der Waals surface area contributed by atoms with Gasteiger partial charge in [-0.2, -0.15) is 10.4 Å². The molecule has 0 aliphatic carbocycles. The van der Waals surface area contributed by atoms with Crippen molar-refractivity contribution >= 4 is 19.4 Å². The molecular weight excluding hydrogens is 261 g/mol. The molecule has 2 aromatic rings. The second-order valence-electron chi connectivity index (χ2n) is 4.98. The molecule has 21 heavy (non-hydrogen) atoms. The lowest BCUT2D eigenvalue weighted by atomic mass is 10.0. The lowest BCUT2D eigenvalue weighted by Crippen LogP contribution is -2.03. The summed E-state index contributed by atoms with van der Waals surface area (Å²) >= 11 is 0. The van der Waals surface area contributed by atoms with Gasteiger partial charge >= 0.3 is 8.05 Å². The molecule has 5 heteroatoms. The Kier molecular flexibility index (Phi) is 4.18. The lowest BCUT2D eigenvalue weighted by molar-refractivity contribution is 0.559. The zero-order valence-corrected chi connectivity index (χ0v) is 12.6. The molecule has 2 rings (SSSR count). The minimum absolute atomic E-state index is 0.335. The summed E-state index contributed by atoms with van der Waals surface area (Å²) in [5, 5.41) is 13.9. The molecule has 2 radical (unpaired) electrons. The van der Waals surface area contributed by atoms with Gasteiger partial charge in [-0.3, -0.25) is 4.68 Å². The van der Waals surface area contributed by atoms with Crippen LogP contribution in [0.15, 0.2) is 24.3 Å². The van der Waals surface area contributed by atoms with Gasteiger partial charge in [0, 0.05) is 12.6 Å². The Morgan fingerprint density at radius 2 is 1.86 bits per heavy atom. The van der Waals surface area contributed by atoms with Crippen LogP contribution >= 0.6 is 0 Å². The molecule has 1 aromatic heterocycles. The van der Waals surface area contributed by atoms with Gasteiger partial charge in [-0.05, 0) is 26.3 Å². The normalized spacial score (nSPS) is 11.8. The maximum Gasteiger partial charge on any atom is 0.374 e. The quantitative estimate of drug-likeness (QED) is 0.492. The molecule has 0 spiro atoms. The molecule has 0 fully saturated rings. The summed E-state index contributed by atoms with van der Waals surface area (Å²) in [6.07, 6.45) is 0. The molecule has 0 aliphatic heterocycles. The smallest absolute Gasteiger partial charge is 0.374 e. The predicted octanol–water partition coefficient (Wildman–Crippen LogP) is 2.84. The Morgan fingerprint density at radius 3 is 2.29 bits per heavy atom. The van der Waals surface area contributed by atoms with Crippen LogP contribution in [0.5, 0.6) is 0 Å². The van der Waals surface area contributed by atoms with Crippen molar-refractivity contribution < 1.29 is 4.65 Å². The number of allylic oxidation sites excluding steroid dienone is 1. The number of nitriles is 1. The molecule has 0 aliphatic rings. The largest absolute Gasteiger partial charge is 0.565 e. The van der Waals surface area contributed by atoms with Gasteiger partial charge in [0.2, 0.25) is 0 Å². The maximum absolute atomic E-state index is 9.53. The number of benzene rings is 1. The number of aryl methyl sites for hydroxylation is 3. The third-order valence-electron chi connectivity index (χ3n) is 3.53. The second-order valence-corrected chi connectivity index (χ2v) is 4.98. The highest BCUT2D eigenvalue weighted by molar-refractivity contribution is 6.06. The number of hydrogen-bond acceptors (Lipinski definition) is 3. The van der Waals surface area contributed by atoms with Gasteiger partial charge in [-0.25, -0.2) is 0 Å². The first-order chi connectivity index (χ1) is 9.99. The van der Waals surface area contributed by atoms with Crippen molar-refractivity contribution in [3.63, 3.8) is 0 Å². The maximum atomic E-state index is 9.53. The topological polar surface area (TPSA) is 50.8 Å². The number of hydrogen-bond donors (Lipinski definition) is 0. The zero-order chi connectivity index (χ0) is 15.6. The predicted molar refractivity (Wildman–Crippen MR) is 83.1 cm³/mol. The average Bonchev–Trinajstić information content (AvgIpc) is 2.71. The van der Waals surface area contributed by atoms with Gasteiger partial charge in [0.1, 0.15) is 23.1 Å². The molecule has 0 saturated carbocycles. The van der Waals surface area contributed by atoms with E-state index in [1.54, 1.807) is 11.7 Å². The summed E-state index contributed by atoms with van der Waals surface area (Å²) in [4.78, 5) is 0. The van der Waals surface area contributed by atoms with Crippen molar-refractivity contribution in [2.75, 3.05) is 0 Å². The molecule has 0 amide bonds. The van der Waals surface area contributed by atoms with Crippen LogP contribution in [0.25, 0.3) is 11.3 Å². The molecule has 4 nitrogen and oxygen atoms in total.